The van der Waals surface area contributed by atoms with Crippen LogP contribution in [-0.2, 0) is 17.9 Å². The second-order valence-electron chi connectivity index (χ2n) is 5.76. The fraction of sp³-hybridized carbons (Fsp3) is 0.588. The summed E-state index contributed by atoms with van der Waals surface area (Å²) >= 11 is 0. The highest BCUT2D eigenvalue weighted by Crippen LogP contribution is 2.21. The minimum absolute atomic E-state index is 0.0223. The van der Waals surface area contributed by atoms with Crippen molar-refractivity contribution >= 4 is 6.03 Å². The molecule has 0 aromatic heterocycles. The van der Waals surface area contributed by atoms with Gasteiger partial charge in [-0.2, -0.15) is 0 Å². The van der Waals surface area contributed by atoms with Crippen LogP contribution < -0.4 is 5.32 Å². The number of carbonyl (C=O) groups excluding carboxylic acids is 1. The summed E-state index contributed by atoms with van der Waals surface area (Å²) in [5.74, 6) is 0. The van der Waals surface area contributed by atoms with Crippen LogP contribution in [0.15, 0.2) is 24.3 Å². The molecule has 1 fully saturated rings. The molecule has 0 atom stereocenters. The molecule has 116 valence electrons. The molecule has 21 heavy (non-hydrogen) atoms. The summed E-state index contributed by atoms with van der Waals surface area (Å²) in [7, 11) is 3.60. The Hall–Kier alpha value is -1.55. The van der Waals surface area contributed by atoms with Crippen LogP contribution in [0.5, 0.6) is 0 Å². The molecule has 0 spiro atoms. The van der Waals surface area contributed by atoms with E-state index in [0.717, 1.165) is 24.0 Å². The quantitative estimate of drug-likeness (QED) is 0.904. The van der Waals surface area contributed by atoms with E-state index in [4.69, 9.17) is 4.74 Å². The van der Waals surface area contributed by atoms with E-state index in [1.165, 1.54) is 19.3 Å². The summed E-state index contributed by atoms with van der Waals surface area (Å²) < 4.78 is 5.19. The number of methoxy groups -OCH3 is 1. The molecule has 2 amide bonds. The van der Waals surface area contributed by atoms with Crippen LogP contribution in [0.1, 0.15) is 43.2 Å². The Labute approximate surface area is 127 Å². The molecule has 1 aromatic rings. The lowest BCUT2D eigenvalue weighted by molar-refractivity contribution is 0.172. The van der Waals surface area contributed by atoms with Gasteiger partial charge in [0.15, 0.2) is 0 Å². The lowest BCUT2D eigenvalue weighted by atomic mass is 9.95. The van der Waals surface area contributed by atoms with Gasteiger partial charge in [-0.1, -0.05) is 43.5 Å². The zero-order valence-electron chi connectivity index (χ0n) is 13.1. The largest absolute Gasteiger partial charge is 0.380 e. The zero-order valence-corrected chi connectivity index (χ0v) is 13.1. The van der Waals surface area contributed by atoms with Crippen LogP contribution in [-0.4, -0.2) is 31.1 Å². The zero-order chi connectivity index (χ0) is 15.1. The molecule has 0 bridgehead atoms. The average molecular weight is 290 g/mol. The molecule has 0 unspecified atom stereocenters. The first-order valence-corrected chi connectivity index (χ1v) is 7.78. The van der Waals surface area contributed by atoms with Crippen LogP contribution in [0.25, 0.3) is 0 Å². The fourth-order valence-electron chi connectivity index (χ4n) is 2.96. The van der Waals surface area contributed by atoms with Gasteiger partial charge in [-0.25, -0.2) is 4.79 Å². The van der Waals surface area contributed by atoms with Gasteiger partial charge in [0.1, 0.15) is 0 Å². The van der Waals surface area contributed by atoms with Crippen molar-refractivity contribution in [2.75, 3.05) is 14.2 Å². The third kappa shape index (κ3) is 4.46. The smallest absolute Gasteiger partial charge is 0.317 e. The number of nitrogens with one attached hydrogen (secondary N) is 1. The fourth-order valence-corrected chi connectivity index (χ4v) is 2.96. The lowest BCUT2D eigenvalue weighted by Gasteiger charge is -2.31. The number of carbonyl (C=O) groups is 1. The Kier molecular flexibility index (Phi) is 6.05. The molecule has 1 aliphatic carbocycles. The molecule has 0 aliphatic heterocycles. The van der Waals surface area contributed by atoms with E-state index in [0.29, 0.717) is 19.2 Å². The Morgan fingerprint density at radius 3 is 2.57 bits per heavy atom. The van der Waals surface area contributed by atoms with Crippen molar-refractivity contribution in [1.82, 2.24) is 10.2 Å². The van der Waals surface area contributed by atoms with E-state index in [9.17, 15) is 4.79 Å². The maximum atomic E-state index is 12.3. The highest BCUT2D eigenvalue weighted by Gasteiger charge is 2.21. The molecule has 0 heterocycles. The van der Waals surface area contributed by atoms with Crippen LogP contribution in [0.4, 0.5) is 4.79 Å². The van der Waals surface area contributed by atoms with Gasteiger partial charge in [0.2, 0.25) is 0 Å². The highest BCUT2D eigenvalue weighted by molar-refractivity contribution is 5.74. The standard InChI is InChI=1S/C17H26N2O2/c1-19(16-10-4-3-5-11-16)17(20)18-12-14-8-6-7-9-15(14)13-21-2/h6-9,16H,3-5,10-13H2,1-2H3,(H,18,20). The molecule has 1 saturated carbocycles. The van der Waals surface area contributed by atoms with Gasteiger partial charge in [-0.3, -0.25) is 0 Å². The maximum absolute atomic E-state index is 12.3. The van der Waals surface area contributed by atoms with E-state index < -0.39 is 0 Å². The van der Waals surface area contributed by atoms with Crippen molar-refractivity contribution in [3.05, 3.63) is 35.4 Å². The summed E-state index contributed by atoms with van der Waals surface area (Å²) in [6.45, 7) is 1.12. The monoisotopic (exact) mass is 290 g/mol. The molecule has 2 rings (SSSR count). The number of urea groups is 1. The molecular weight excluding hydrogens is 264 g/mol. The summed E-state index contributed by atoms with van der Waals surface area (Å²) in [6.07, 6.45) is 6.03. The Morgan fingerprint density at radius 1 is 1.24 bits per heavy atom. The first-order valence-electron chi connectivity index (χ1n) is 7.78. The molecule has 4 heteroatoms. The van der Waals surface area contributed by atoms with Crippen molar-refractivity contribution in [3.63, 3.8) is 0 Å². The highest BCUT2D eigenvalue weighted by atomic mass is 16.5. The van der Waals surface area contributed by atoms with E-state index in [1.54, 1.807) is 7.11 Å². The Morgan fingerprint density at radius 2 is 1.90 bits per heavy atom. The minimum atomic E-state index is 0.0223. The molecule has 4 nitrogen and oxygen atoms in total. The molecular formula is C17H26N2O2. The Balaban J connectivity index is 1.88. The summed E-state index contributed by atoms with van der Waals surface area (Å²) in [4.78, 5) is 14.1. The number of ether oxygens (including phenoxy) is 1. The predicted molar refractivity (Wildman–Crippen MR) is 84.0 cm³/mol. The summed E-state index contributed by atoms with van der Waals surface area (Å²) in [5.41, 5.74) is 2.24. The van der Waals surface area contributed by atoms with Crippen LogP contribution in [0.3, 0.4) is 0 Å². The normalized spacial score (nSPS) is 15.7. The second-order valence-corrected chi connectivity index (χ2v) is 5.76. The number of amides is 2. The van der Waals surface area contributed by atoms with Gasteiger partial charge >= 0.3 is 6.03 Å². The van der Waals surface area contributed by atoms with Crippen molar-refractivity contribution < 1.29 is 9.53 Å². The van der Waals surface area contributed by atoms with Gasteiger partial charge < -0.3 is 15.0 Å². The van der Waals surface area contributed by atoms with Gasteiger partial charge in [0.05, 0.1) is 6.61 Å². The number of nitrogens with zero attached hydrogens (tertiary/aromatic N) is 1. The van der Waals surface area contributed by atoms with Crippen molar-refractivity contribution in [1.29, 1.82) is 0 Å². The van der Waals surface area contributed by atoms with Crippen LogP contribution >= 0.6 is 0 Å². The molecule has 1 N–H and O–H groups in total. The van der Waals surface area contributed by atoms with Crippen molar-refractivity contribution in [2.24, 2.45) is 0 Å². The Bertz CT molecular complexity index is 456. The third-order valence-corrected chi connectivity index (χ3v) is 4.29. The topological polar surface area (TPSA) is 41.6 Å². The molecule has 0 saturated heterocycles. The van der Waals surface area contributed by atoms with E-state index in [-0.39, 0.29) is 6.03 Å². The van der Waals surface area contributed by atoms with Gasteiger partial charge in [-0.15, -0.1) is 0 Å². The first-order chi connectivity index (χ1) is 10.2. The first kappa shape index (κ1) is 15.8. The number of benzene rings is 1. The SMILES string of the molecule is COCc1ccccc1CNC(=O)N(C)C1CCCCC1. The molecule has 1 aromatic carbocycles. The molecule has 1 aliphatic rings. The third-order valence-electron chi connectivity index (χ3n) is 4.29. The van der Waals surface area contributed by atoms with Gasteiger partial charge in [0, 0.05) is 26.7 Å². The van der Waals surface area contributed by atoms with Crippen LogP contribution in [0.2, 0.25) is 0 Å². The van der Waals surface area contributed by atoms with Gasteiger partial charge in [0.25, 0.3) is 0 Å². The summed E-state index contributed by atoms with van der Waals surface area (Å²) in [6, 6.07) is 8.48. The average Bonchev–Trinajstić information content (AvgIpc) is 2.54. The number of rotatable bonds is 5. The second kappa shape index (κ2) is 8.03. The van der Waals surface area contributed by atoms with E-state index in [1.807, 2.05) is 36.2 Å². The van der Waals surface area contributed by atoms with Crippen molar-refractivity contribution in [3.8, 4) is 0 Å². The van der Waals surface area contributed by atoms with Crippen molar-refractivity contribution in [2.45, 2.75) is 51.3 Å². The lowest BCUT2D eigenvalue weighted by Crippen LogP contribution is -2.44. The van der Waals surface area contributed by atoms with Gasteiger partial charge in [-0.05, 0) is 24.0 Å². The number of hydrogen-bond acceptors (Lipinski definition) is 2. The van der Waals surface area contributed by atoms with Crippen LogP contribution in [0, 0.1) is 0 Å². The predicted octanol–water partition coefficient (Wildman–Crippen LogP) is 3.31. The minimum Gasteiger partial charge on any atom is -0.380 e. The van der Waals surface area contributed by atoms with E-state index >= 15 is 0 Å². The number of hydrogen-bond donors (Lipinski definition) is 1. The van der Waals surface area contributed by atoms with E-state index in [2.05, 4.69) is 5.32 Å². The maximum Gasteiger partial charge on any atom is 0.317 e. The molecule has 0 radical (unpaired) electrons. The summed E-state index contributed by atoms with van der Waals surface area (Å²) in [5, 5.41) is 3.03.